The van der Waals surface area contributed by atoms with Gasteiger partial charge < -0.3 is 14.0 Å². The second-order valence-corrected chi connectivity index (χ2v) is 9.77. The first-order chi connectivity index (χ1) is 23.3. The number of hydrogen-bond donors (Lipinski definition) is 0. The molecule has 3 rings (SSSR count). The fourth-order valence-corrected chi connectivity index (χ4v) is 3.93. The maximum absolute atomic E-state index is 13.6. The van der Waals surface area contributed by atoms with Gasteiger partial charge in [-0.25, -0.2) is 14.4 Å². The van der Waals surface area contributed by atoms with Crippen LogP contribution in [-0.2, 0) is 51.0 Å². The molecular formula is C27H9BF18O6. The van der Waals surface area contributed by atoms with Gasteiger partial charge in [-0.15, -0.1) is 0 Å². The highest BCUT2D eigenvalue weighted by Crippen LogP contribution is 2.40. The van der Waals surface area contributed by atoms with Gasteiger partial charge in [0.15, 0.2) is 0 Å². The van der Waals surface area contributed by atoms with Gasteiger partial charge in [-0.3, -0.25) is 0 Å². The van der Waals surface area contributed by atoms with E-state index in [0.717, 1.165) is 0 Å². The molecule has 6 nitrogen and oxygen atoms in total. The molecule has 0 radical (unpaired) electrons. The van der Waals surface area contributed by atoms with Crippen molar-refractivity contribution in [2.24, 2.45) is 0 Å². The number of hydrogen-bond acceptors (Lipinski definition) is 6. The highest BCUT2D eigenvalue weighted by atomic mass is 19.4. The minimum absolute atomic E-state index is 0.226. The molecule has 0 saturated heterocycles. The third-order valence-corrected chi connectivity index (χ3v) is 6.23. The van der Waals surface area contributed by atoms with E-state index in [4.69, 9.17) is 0 Å². The zero-order valence-electron chi connectivity index (χ0n) is 24.0. The van der Waals surface area contributed by atoms with Crippen molar-refractivity contribution in [3.63, 3.8) is 0 Å². The lowest BCUT2D eigenvalue weighted by atomic mass is 10.0. The topological polar surface area (TPSA) is 78.9 Å². The quantitative estimate of drug-likeness (QED) is 0.183. The Morgan fingerprint density at radius 1 is 0.365 bits per heavy atom. The Kier molecular flexibility index (Phi) is 10.9. The summed E-state index contributed by atoms with van der Waals surface area (Å²) in [6, 6.07) is -3.52. The summed E-state index contributed by atoms with van der Waals surface area (Å²) in [4.78, 5) is 38.2. The standard InChI is InChI=1S/C27H9BF18O6/c29-22(30,31)10-1-4-16(25(38,39)40)13(7-10)19(47)50-28(51-20(48)14-8-11(23(32,33)34)2-5-17(14)26(41,42)43)52-21(49)15-9-12(24(35,36)37)3-6-18(15)27(44,45)46/h1-9H. The van der Waals surface area contributed by atoms with Crippen LogP contribution in [0.15, 0.2) is 54.6 Å². The van der Waals surface area contributed by atoms with E-state index in [0.29, 0.717) is 0 Å². The Balaban J connectivity index is 2.22. The molecule has 0 N–H and O–H groups in total. The molecule has 25 heteroatoms. The van der Waals surface area contributed by atoms with Gasteiger partial charge in [-0.2, -0.15) is 79.0 Å². The van der Waals surface area contributed by atoms with Crippen LogP contribution in [0, 0.1) is 0 Å². The Bertz CT molecular complexity index is 1640. The molecule has 0 heterocycles. The minimum Gasteiger partial charge on any atom is -0.458 e. The highest BCUT2D eigenvalue weighted by molar-refractivity contribution is 6.45. The van der Waals surface area contributed by atoms with Gasteiger partial charge in [0.1, 0.15) is 0 Å². The number of alkyl halides is 18. The van der Waals surface area contributed by atoms with Crippen LogP contribution < -0.4 is 0 Å². The zero-order valence-corrected chi connectivity index (χ0v) is 24.0. The van der Waals surface area contributed by atoms with Crippen molar-refractivity contribution in [1.29, 1.82) is 0 Å². The van der Waals surface area contributed by atoms with Crippen molar-refractivity contribution in [3.8, 4) is 0 Å². The summed E-state index contributed by atoms with van der Waals surface area (Å²) in [6.45, 7) is 0. The predicted molar refractivity (Wildman–Crippen MR) is 131 cm³/mol. The van der Waals surface area contributed by atoms with Crippen molar-refractivity contribution in [2.45, 2.75) is 37.1 Å². The fourth-order valence-electron chi connectivity index (χ4n) is 3.93. The van der Waals surface area contributed by atoms with Gasteiger partial charge in [0, 0.05) is 0 Å². The van der Waals surface area contributed by atoms with Crippen LogP contribution >= 0.6 is 0 Å². The number of halogens is 18. The van der Waals surface area contributed by atoms with Crippen LogP contribution in [-0.4, -0.2) is 25.2 Å². The number of carbonyl (C=O) groups is 3. The molecule has 0 spiro atoms. The third kappa shape index (κ3) is 9.80. The first kappa shape index (κ1) is 41.3. The summed E-state index contributed by atoms with van der Waals surface area (Å²) < 4.78 is 253. The molecular weight excluding hydrogens is 773 g/mol. The van der Waals surface area contributed by atoms with Crippen LogP contribution in [0.25, 0.3) is 0 Å². The number of rotatable bonds is 6. The monoisotopic (exact) mass is 782 g/mol. The predicted octanol–water partition coefficient (Wildman–Crippen LogP) is 9.66. The Labute approximate surface area is 275 Å². The van der Waals surface area contributed by atoms with Crippen molar-refractivity contribution < 1.29 is 107 Å². The first-order valence-electron chi connectivity index (χ1n) is 12.8. The van der Waals surface area contributed by atoms with Gasteiger partial charge in [-0.05, 0) is 54.6 Å². The molecule has 0 atom stereocenters. The van der Waals surface area contributed by atoms with E-state index < -0.39 is 131 Å². The summed E-state index contributed by atoms with van der Waals surface area (Å²) in [7, 11) is -3.92. The number of carbonyl (C=O) groups excluding carboxylic acids is 3. The van der Waals surface area contributed by atoms with E-state index in [1.54, 1.807) is 0 Å². The normalized spacial score (nSPS) is 13.0. The Morgan fingerprint density at radius 2 is 0.577 bits per heavy atom. The molecule has 0 bridgehead atoms. The van der Waals surface area contributed by atoms with Gasteiger partial charge in [0.05, 0.1) is 50.1 Å². The lowest BCUT2D eigenvalue weighted by Crippen LogP contribution is -2.36. The lowest BCUT2D eigenvalue weighted by molar-refractivity contribution is -0.141. The SMILES string of the molecule is O=C(OB(OC(=O)c1cc(C(F)(F)F)ccc1C(F)(F)F)OC(=O)c1cc(C(F)(F)F)ccc1C(F)(F)F)c1cc(C(F)(F)F)ccc1C(F)(F)F. The first-order valence-corrected chi connectivity index (χ1v) is 12.8. The van der Waals surface area contributed by atoms with E-state index in [1.807, 2.05) is 0 Å². The van der Waals surface area contributed by atoms with E-state index >= 15 is 0 Å². The van der Waals surface area contributed by atoms with Crippen molar-refractivity contribution in [3.05, 3.63) is 105 Å². The second-order valence-electron chi connectivity index (χ2n) is 9.77. The summed E-state index contributed by atoms with van der Waals surface area (Å²) >= 11 is 0. The molecule has 282 valence electrons. The van der Waals surface area contributed by atoms with Gasteiger partial charge >= 0.3 is 62.3 Å². The summed E-state index contributed by atoms with van der Waals surface area (Å²) in [5, 5.41) is 0. The molecule has 0 unspecified atom stereocenters. The zero-order chi connectivity index (χ0) is 40.0. The van der Waals surface area contributed by atoms with Gasteiger partial charge in [0.25, 0.3) is 0 Å². The largest absolute Gasteiger partial charge is 0.870 e. The average molecular weight is 782 g/mol. The molecule has 52 heavy (non-hydrogen) atoms. The smallest absolute Gasteiger partial charge is 0.458 e. The lowest BCUT2D eigenvalue weighted by Gasteiger charge is -2.20. The van der Waals surface area contributed by atoms with Gasteiger partial charge in [-0.1, -0.05) is 0 Å². The highest BCUT2D eigenvalue weighted by Gasteiger charge is 2.47. The van der Waals surface area contributed by atoms with Crippen LogP contribution in [0.5, 0.6) is 0 Å². The molecule has 0 aromatic heterocycles. The van der Waals surface area contributed by atoms with E-state index in [1.165, 1.54) is 0 Å². The molecule has 0 amide bonds. The second kappa shape index (κ2) is 13.8. The molecule has 0 aliphatic rings. The maximum atomic E-state index is 13.6. The third-order valence-electron chi connectivity index (χ3n) is 6.23. The Hall–Kier alpha value is -5.13. The van der Waals surface area contributed by atoms with Crippen LogP contribution in [0.2, 0.25) is 0 Å². The fraction of sp³-hybridized carbons (Fsp3) is 0.222. The van der Waals surface area contributed by atoms with Crippen LogP contribution in [0.1, 0.15) is 64.5 Å². The molecule has 0 aliphatic heterocycles. The molecule has 0 saturated carbocycles. The average Bonchev–Trinajstić information content (AvgIpc) is 2.97. The summed E-state index contributed by atoms with van der Waals surface area (Å²) in [5.41, 5.74) is -19.6. The maximum Gasteiger partial charge on any atom is 0.870 e. The van der Waals surface area contributed by atoms with Gasteiger partial charge in [0.2, 0.25) is 0 Å². The Morgan fingerprint density at radius 3 is 0.750 bits per heavy atom. The van der Waals surface area contributed by atoms with Crippen LogP contribution in [0.3, 0.4) is 0 Å². The van der Waals surface area contributed by atoms with Crippen LogP contribution in [0.4, 0.5) is 79.0 Å². The minimum atomic E-state index is -5.75. The summed E-state index contributed by atoms with van der Waals surface area (Å²) in [5.74, 6) is -8.36. The molecule has 3 aromatic carbocycles. The molecule has 3 aromatic rings. The van der Waals surface area contributed by atoms with E-state index in [9.17, 15) is 93.4 Å². The van der Waals surface area contributed by atoms with E-state index in [2.05, 4.69) is 14.0 Å². The van der Waals surface area contributed by atoms with Crippen molar-refractivity contribution in [2.75, 3.05) is 0 Å². The van der Waals surface area contributed by atoms with Crippen molar-refractivity contribution >= 4 is 25.2 Å². The summed E-state index contributed by atoms with van der Waals surface area (Å²) in [6.07, 6.45) is -33.8. The molecule has 0 fully saturated rings. The van der Waals surface area contributed by atoms with Crippen molar-refractivity contribution in [1.82, 2.24) is 0 Å². The molecule has 0 aliphatic carbocycles. The van der Waals surface area contributed by atoms with E-state index in [-0.39, 0.29) is 36.4 Å². The number of benzene rings is 3.